The third-order valence-electron chi connectivity index (χ3n) is 3.81. The predicted molar refractivity (Wildman–Crippen MR) is 69.6 cm³/mol. The minimum atomic E-state index is 0.0300. The summed E-state index contributed by atoms with van der Waals surface area (Å²) in [5.74, 6) is 0. The second-order valence-corrected chi connectivity index (χ2v) is 9.32. The van der Waals surface area contributed by atoms with Crippen LogP contribution < -0.4 is 0 Å². The first kappa shape index (κ1) is 11.9. The summed E-state index contributed by atoms with van der Waals surface area (Å²) >= 11 is 10.9. The minimum absolute atomic E-state index is 0.0300. The van der Waals surface area contributed by atoms with Crippen LogP contribution >= 0.6 is 47.8 Å². The minimum Gasteiger partial charge on any atom is -0.368 e. The van der Waals surface area contributed by atoms with Gasteiger partial charge in [-0.15, -0.1) is 0 Å². The van der Waals surface area contributed by atoms with Crippen LogP contribution in [-0.4, -0.2) is 20.3 Å². The zero-order valence-corrected chi connectivity index (χ0v) is 13.2. The fraction of sp³-hybridized carbons (Fsp3) is 1.00. The molecule has 0 aromatic carbocycles. The molecule has 0 amide bonds. The summed E-state index contributed by atoms with van der Waals surface area (Å²) in [6, 6.07) is 0. The summed E-state index contributed by atoms with van der Waals surface area (Å²) in [5, 5.41) is 0. The number of alkyl halides is 3. The van der Waals surface area contributed by atoms with Gasteiger partial charge in [0.25, 0.3) is 0 Å². The van der Waals surface area contributed by atoms with Gasteiger partial charge in [-0.1, -0.05) is 54.7 Å². The van der Waals surface area contributed by atoms with Crippen molar-refractivity contribution in [1.82, 2.24) is 0 Å². The number of fused-ring (bicyclic) bond motifs is 3. The molecule has 82 valence electrons. The molecule has 2 bridgehead atoms. The number of halogens is 3. The van der Waals surface area contributed by atoms with Gasteiger partial charge in [0.15, 0.2) is 0 Å². The van der Waals surface area contributed by atoms with Crippen molar-refractivity contribution in [3.8, 4) is 0 Å². The average Bonchev–Trinajstić information content (AvgIpc) is 2.07. The highest BCUT2D eigenvalue weighted by Gasteiger charge is 2.56. The Hall–Kier alpha value is 1.40. The molecule has 2 unspecified atom stereocenters. The Balaban J connectivity index is 2.26. The van der Waals surface area contributed by atoms with E-state index in [0.29, 0.717) is 10.2 Å². The first-order valence-electron chi connectivity index (χ1n) is 4.97. The Bertz CT molecular complexity index is 246. The summed E-state index contributed by atoms with van der Waals surface area (Å²) in [6.45, 7) is 4.56. The molecule has 3 fully saturated rings. The van der Waals surface area contributed by atoms with Gasteiger partial charge in [-0.05, 0) is 31.6 Å². The summed E-state index contributed by atoms with van der Waals surface area (Å²) in [4.78, 5) is 0.503. The van der Waals surface area contributed by atoms with E-state index < -0.39 is 0 Å². The molecule has 4 atom stereocenters. The maximum absolute atomic E-state index is 6.21. The van der Waals surface area contributed by atoms with Crippen molar-refractivity contribution in [2.45, 2.75) is 53.4 Å². The highest BCUT2D eigenvalue weighted by atomic mass is 79.9. The molecule has 1 saturated carbocycles. The molecule has 0 radical (unpaired) electrons. The second-order valence-electron chi connectivity index (χ2n) is 5.01. The average molecular weight is 391 g/mol. The molecule has 0 spiro atoms. The fourth-order valence-electron chi connectivity index (χ4n) is 2.60. The van der Waals surface area contributed by atoms with Crippen LogP contribution in [-0.2, 0) is 4.74 Å². The van der Waals surface area contributed by atoms with Gasteiger partial charge in [0.2, 0.25) is 0 Å². The molecule has 0 aromatic heterocycles. The zero-order chi connectivity index (χ0) is 10.6. The van der Waals surface area contributed by atoms with Crippen molar-refractivity contribution in [1.29, 1.82) is 0 Å². The van der Waals surface area contributed by atoms with Crippen molar-refractivity contribution in [3.63, 3.8) is 0 Å². The smallest absolute Gasteiger partial charge is 0.0964 e. The van der Waals surface area contributed by atoms with Crippen molar-refractivity contribution in [2.75, 3.05) is 0 Å². The Kier molecular flexibility index (Phi) is 3.15. The van der Waals surface area contributed by atoms with E-state index in [1.54, 1.807) is 0 Å². The van der Waals surface area contributed by atoms with E-state index in [1.165, 1.54) is 19.3 Å². The van der Waals surface area contributed by atoms with Crippen LogP contribution in [0, 0.1) is 5.41 Å². The van der Waals surface area contributed by atoms with E-state index in [0.717, 1.165) is 0 Å². The van der Waals surface area contributed by atoms with Crippen molar-refractivity contribution < 1.29 is 4.74 Å². The standard InChI is InChI=1S/C10H15Br3O/c1-9-3-4-10(2,6(11)5-9)14-7(9)8(12)13/h6-8H,3-5H2,1-2H3/t6?,7?,9-,10+/m0/s1. The van der Waals surface area contributed by atoms with Gasteiger partial charge < -0.3 is 4.74 Å². The number of hydrogen-bond donors (Lipinski definition) is 0. The van der Waals surface area contributed by atoms with Crippen LogP contribution in [0.4, 0.5) is 0 Å². The van der Waals surface area contributed by atoms with Crippen LogP contribution in [0.3, 0.4) is 0 Å². The molecule has 2 saturated heterocycles. The molecule has 0 N–H and O–H groups in total. The van der Waals surface area contributed by atoms with Gasteiger partial charge in [-0.3, -0.25) is 0 Å². The van der Waals surface area contributed by atoms with Crippen LogP contribution in [0.15, 0.2) is 0 Å². The zero-order valence-electron chi connectivity index (χ0n) is 8.40. The highest BCUT2D eigenvalue weighted by Crippen LogP contribution is 2.56. The summed E-state index contributed by atoms with van der Waals surface area (Å²) < 4.78 is 6.47. The lowest BCUT2D eigenvalue weighted by atomic mass is 9.64. The SMILES string of the molecule is C[C@@]12CC[C@@](C)(OC1C(Br)Br)C(Br)C2. The largest absolute Gasteiger partial charge is 0.368 e. The van der Waals surface area contributed by atoms with Crippen molar-refractivity contribution in [3.05, 3.63) is 0 Å². The molecule has 3 aliphatic rings. The highest BCUT2D eigenvalue weighted by molar-refractivity contribution is 9.24. The second kappa shape index (κ2) is 3.71. The molecule has 4 heteroatoms. The normalized spacial score (nSPS) is 52.7. The monoisotopic (exact) mass is 388 g/mol. The Morgan fingerprint density at radius 3 is 2.43 bits per heavy atom. The lowest BCUT2D eigenvalue weighted by molar-refractivity contribution is -0.206. The van der Waals surface area contributed by atoms with Crippen LogP contribution in [0.1, 0.15) is 33.1 Å². The fourth-order valence-corrected chi connectivity index (χ4v) is 5.17. The summed E-state index contributed by atoms with van der Waals surface area (Å²) in [5.41, 5.74) is 0.339. The van der Waals surface area contributed by atoms with Gasteiger partial charge in [0, 0.05) is 4.83 Å². The van der Waals surface area contributed by atoms with Gasteiger partial charge >= 0.3 is 0 Å². The third kappa shape index (κ3) is 1.74. The van der Waals surface area contributed by atoms with E-state index in [-0.39, 0.29) is 15.4 Å². The molecular formula is C10H15Br3O. The Morgan fingerprint density at radius 1 is 1.29 bits per heavy atom. The van der Waals surface area contributed by atoms with Crippen LogP contribution in [0.2, 0.25) is 0 Å². The van der Waals surface area contributed by atoms with Crippen molar-refractivity contribution >= 4 is 47.8 Å². The number of rotatable bonds is 1. The first-order chi connectivity index (χ1) is 6.37. The summed E-state index contributed by atoms with van der Waals surface area (Å²) in [7, 11) is 0. The maximum atomic E-state index is 6.21. The lowest BCUT2D eigenvalue weighted by Gasteiger charge is -2.58. The Labute approximate surface area is 111 Å². The molecule has 2 aliphatic heterocycles. The topological polar surface area (TPSA) is 9.23 Å². The van der Waals surface area contributed by atoms with Crippen LogP contribution in [0.5, 0.6) is 0 Å². The van der Waals surface area contributed by atoms with E-state index >= 15 is 0 Å². The first-order valence-corrected chi connectivity index (χ1v) is 7.72. The Morgan fingerprint density at radius 2 is 1.93 bits per heavy atom. The maximum Gasteiger partial charge on any atom is 0.0964 e. The lowest BCUT2D eigenvalue weighted by Crippen LogP contribution is -2.61. The van der Waals surface area contributed by atoms with Gasteiger partial charge in [-0.25, -0.2) is 0 Å². The quantitative estimate of drug-likeness (QED) is 0.609. The molecule has 1 nitrogen and oxygen atoms in total. The van der Waals surface area contributed by atoms with E-state index in [4.69, 9.17) is 4.74 Å². The van der Waals surface area contributed by atoms with E-state index in [1.807, 2.05) is 0 Å². The van der Waals surface area contributed by atoms with Gasteiger partial charge in [0.1, 0.15) is 0 Å². The third-order valence-corrected chi connectivity index (χ3v) is 6.07. The van der Waals surface area contributed by atoms with Crippen molar-refractivity contribution in [2.24, 2.45) is 5.41 Å². The van der Waals surface area contributed by atoms with Crippen LogP contribution in [0.25, 0.3) is 0 Å². The molecule has 1 aliphatic carbocycles. The summed E-state index contributed by atoms with van der Waals surface area (Å²) in [6.07, 6.45) is 3.93. The van der Waals surface area contributed by atoms with E-state index in [9.17, 15) is 0 Å². The number of hydrogen-bond acceptors (Lipinski definition) is 1. The molecular weight excluding hydrogens is 376 g/mol. The predicted octanol–water partition coefficient (Wildman–Crippen LogP) is 4.21. The van der Waals surface area contributed by atoms with Gasteiger partial charge in [-0.2, -0.15) is 0 Å². The molecule has 2 heterocycles. The molecule has 14 heavy (non-hydrogen) atoms. The van der Waals surface area contributed by atoms with E-state index in [2.05, 4.69) is 61.6 Å². The van der Waals surface area contributed by atoms with Gasteiger partial charge in [0.05, 0.1) is 15.4 Å². The number of ether oxygens (including phenoxy) is 1. The molecule has 0 aromatic rings. The molecule has 3 rings (SSSR count).